The van der Waals surface area contributed by atoms with Crippen molar-refractivity contribution in [3.05, 3.63) is 0 Å². The first kappa shape index (κ1) is 13.2. The summed E-state index contributed by atoms with van der Waals surface area (Å²) in [5.74, 6) is 1.08. The molecule has 1 heterocycles. The number of rotatable bonds is 1. The highest BCUT2D eigenvalue weighted by Crippen LogP contribution is 2.76. The lowest BCUT2D eigenvalue weighted by Gasteiger charge is -2.43. The molecular formula is C15H25ClO2. The summed E-state index contributed by atoms with van der Waals surface area (Å²) in [4.78, 5) is 0. The molecule has 3 rings (SSSR count). The average molecular weight is 273 g/mol. The highest BCUT2D eigenvalue weighted by molar-refractivity contribution is 6.22. The van der Waals surface area contributed by atoms with Crippen LogP contribution in [0.2, 0.25) is 0 Å². The molecule has 0 aromatic rings. The first-order valence-corrected chi connectivity index (χ1v) is 7.58. The van der Waals surface area contributed by atoms with Gasteiger partial charge in [0.1, 0.15) is 16.8 Å². The lowest BCUT2D eigenvalue weighted by atomic mass is 9.59. The summed E-state index contributed by atoms with van der Waals surface area (Å²) in [5.41, 5.74) is -1.20. The first-order valence-electron chi connectivity index (χ1n) is 7.15. The van der Waals surface area contributed by atoms with E-state index in [1.807, 2.05) is 6.92 Å². The van der Waals surface area contributed by atoms with Gasteiger partial charge in [-0.25, -0.2) is 0 Å². The molecule has 2 aliphatic carbocycles. The molecule has 3 fully saturated rings. The van der Waals surface area contributed by atoms with Crippen molar-refractivity contribution in [1.82, 2.24) is 0 Å². The van der Waals surface area contributed by atoms with Gasteiger partial charge in [0.15, 0.2) is 0 Å². The van der Waals surface area contributed by atoms with Gasteiger partial charge in [0.2, 0.25) is 0 Å². The van der Waals surface area contributed by atoms with Crippen molar-refractivity contribution in [2.24, 2.45) is 17.3 Å². The summed E-state index contributed by atoms with van der Waals surface area (Å²) in [7, 11) is 0. The summed E-state index contributed by atoms with van der Waals surface area (Å²) < 4.78 is 6.25. The number of alkyl halides is 1. The van der Waals surface area contributed by atoms with Gasteiger partial charge in [-0.15, -0.1) is 11.6 Å². The fourth-order valence-corrected chi connectivity index (χ4v) is 5.32. The SMILES string of the molecule is CC(C)[C@H]1CC(C)(C)C[C@@]23O[C@@]12C[C@@H](Cl)[C@]3(C)O. The zero-order valence-electron chi connectivity index (χ0n) is 12.1. The van der Waals surface area contributed by atoms with Crippen LogP contribution >= 0.6 is 11.6 Å². The van der Waals surface area contributed by atoms with E-state index in [-0.39, 0.29) is 22.0 Å². The second-order valence-corrected chi connectivity index (χ2v) is 8.56. The lowest BCUT2D eigenvalue weighted by molar-refractivity contribution is -0.0403. The minimum atomic E-state index is -0.889. The topological polar surface area (TPSA) is 32.8 Å². The Kier molecular flexibility index (Phi) is 2.40. The standard InChI is InChI=1S/C15H25ClO2/c1-9(2)10-6-12(3,4)8-15-13(5,17)11(16)7-14(10,15)18-15/h9-11,17H,6-8H2,1-5H3/t10-,11-,13+,14+,15+/m1/s1. The minimum absolute atomic E-state index is 0.146. The predicted molar refractivity (Wildman–Crippen MR) is 72.8 cm³/mol. The maximum Gasteiger partial charge on any atom is 0.128 e. The lowest BCUT2D eigenvalue weighted by Crippen LogP contribution is -2.52. The third-order valence-corrected chi connectivity index (χ3v) is 6.39. The van der Waals surface area contributed by atoms with Crippen molar-refractivity contribution in [1.29, 1.82) is 0 Å². The summed E-state index contributed by atoms with van der Waals surface area (Å²) in [6.07, 6.45) is 2.91. The quantitative estimate of drug-likeness (QED) is 0.587. The van der Waals surface area contributed by atoms with Gasteiger partial charge in [0.25, 0.3) is 0 Å². The van der Waals surface area contributed by atoms with E-state index in [2.05, 4.69) is 27.7 Å². The molecule has 104 valence electrons. The number of ether oxygens (including phenoxy) is 1. The molecule has 0 spiro atoms. The van der Waals surface area contributed by atoms with E-state index < -0.39 is 5.60 Å². The van der Waals surface area contributed by atoms with Crippen LogP contribution < -0.4 is 0 Å². The predicted octanol–water partition coefficient (Wildman–Crippen LogP) is 3.35. The number of aliphatic hydroxyl groups is 1. The molecule has 0 aromatic carbocycles. The van der Waals surface area contributed by atoms with Gasteiger partial charge in [-0.05, 0) is 43.4 Å². The van der Waals surface area contributed by atoms with Gasteiger partial charge < -0.3 is 9.84 Å². The minimum Gasteiger partial charge on any atom is -0.385 e. The fraction of sp³-hybridized carbons (Fsp3) is 1.00. The molecule has 2 saturated carbocycles. The smallest absolute Gasteiger partial charge is 0.128 e. The molecule has 1 saturated heterocycles. The maximum absolute atomic E-state index is 10.8. The van der Waals surface area contributed by atoms with E-state index in [0.717, 1.165) is 12.8 Å². The summed E-state index contributed by atoms with van der Waals surface area (Å²) in [6.45, 7) is 11.0. The number of hydrogen-bond acceptors (Lipinski definition) is 2. The Labute approximate surface area is 115 Å². The van der Waals surface area contributed by atoms with E-state index >= 15 is 0 Å². The first-order chi connectivity index (χ1) is 8.08. The van der Waals surface area contributed by atoms with Crippen LogP contribution in [0.3, 0.4) is 0 Å². The molecule has 0 bridgehead atoms. The number of hydrogen-bond donors (Lipinski definition) is 1. The van der Waals surface area contributed by atoms with Crippen molar-refractivity contribution in [3.8, 4) is 0 Å². The van der Waals surface area contributed by atoms with Gasteiger partial charge in [-0.2, -0.15) is 0 Å². The van der Waals surface area contributed by atoms with Gasteiger partial charge in [-0.1, -0.05) is 27.7 Å². The Balaban J connectivity index is 2.06. The summed E-state index contributed by atoms with van der Waals surface area (Å²) in [6, 6.07) is 0. The van der Waals surface area contributed by atoms with E-state index in [0.29, 0.717) is 11.8 Å². The van der Waals surface area contributed by atoms with E-state index in [4.69, 9.17) is 16.3 Å². The van der Waals surface area contributed by atoms with Crippen molar-refractivity contribution < 1.29 is 9.84 Å². The van der Waals surface area contributed by atoms with Crippen LogP contribution in [-0.2, 0) is 4.74 Å². The highest BCUT2D eigenvalue weighted by Gasteiger charge is 2.87. The van der Waals surface area contributed by atoms with Crippen LogP contribution in [0.25, 0.3) is 0 Å². The van der Waals surface area contributed by atoms with Crippen molar-refractivity contribution in [3.63, 3.8) is 0 Å². The Hall–Kier alpha value is 0.210. The maximum atomic E-state index is 10.8. The van der Waals surface area contributed by atoms with Gasteiger partial charge in [-0.3, -0.25) is 0 Å². The van der Waals surface area contributed by atoms with Crippen LogP contribution in [0.1, 0.15) is 53.9 Å². The molecule has 2 nitrogen and oxygen atoms in total. The van der Waals surface area contributed by atoms with Crippen LogP contribution in [0.5, 0.6) is 0 Å². The highest BCUT2D eigenvalue weighted by atomic mass is 35.5. The van der Waals surface area contributed by atoms with Crippen molar-refractivity contribution in [2.75, 3.05) is 0 Å². The molecule has 18 heavy (non-hydrogen) atoms. The van der Waals surface area contributed by atoms with E-state index in [9.17, 15) is 5.11 Å². The van der Waals surface area contributed by atoms with Crippen molar-refractivity contribution in [2.45, 2.75) is 76.1 Å². The Bertz CT molecular complexity index is 390. The largest absolute Gasteiger partial charge is 0.385 e. The normalized spacial score (nSPS) is 57.3. The third-order valence-electron chi connectivity index (χ3n) is 5.81. The van der Waals surface area contributed by atoms with Crippen LogP contribution in [0.4, 0.5) is 0 Å². The van der Waals surface area contributed by atoms with Gasteiger partial charge in [0.05, 0.1) is 5.38 Å². The zero-order chi connectivity index (χ0) is 13.6. The van der Waals surface area contributed by atoms with Gasteiger partial charge in [0, 0.05) is 0 Å². The number of epoxide rings is 1. The van der Waals surface area contributed by atoms with Crippen LogP contribution in [0, 0.1) is 17.3 Å². The average Bonchev–Trinajstić information content (AvgIpc) is 2.80. The molecule has 0 amide bonds. The third kappa shape index (κ3) is 1.28. The molecule has 0 radical (unpaired) electrons. The second kappa shape index (κ2) is 3.27. The van der Waals surface area contributed by atoms with Crippen LogP contribution in [0.15, 0.2) is 0 Å². The number of halogens is 1. The van der Waals surface area contributed by atoms with E-state index in [1.54, 1.807) is 0 Å². The Morgan fingerprint density at radius 2 is 1.83 bits per heavy atom. The molecule has 1 aliphatic heterocycles. The fourth-order valence-electron chi connectivity index (χ4n) is 4.91. The van der Waals surface area contributed by atoms with Crippen molar-refractivity contribution >= 4 is 11.6 Å². The molecule has 3 aliphatic rings. The molecule has 5 atom stereocenters. The summed E-state index contributed by atoms with van der Waals surface area (Å²) in [5, 5.41) is 10.6. The molecule has 1 N–H and O–H groups in total. The molecular weight excluding hydrogens is 248 g/mol. The van der Waals surface area contributed by atoms with Crippen LogP contribution in [-0.4, -0.2) is 27.3 Å². The molecule has 3 heteroatoms. The monoisotopic (exact) mass is 272 g/mol. The Morgan fingerprint density at radius 1 is 1.22 bits per heavy atom. The molecule has 0 unspecified atom stereocenters. The van der Waals surface area contributed by atoms with E-state index in [1.165, 1.54) is 6.42 Å². The van der Waals surface area contributed by atoms with Gasteiger partial charge >= 0.3 is 0 Å². The zero-order valence-corrected chi connectivity index (χ0v) is 12.8. The summed E-state index contributed by atoms with van der Waals surface area (Å²) >= 11 is 6.43. The molecule has 0 aromatic heterocycles. The Morgan fingerprint density at radius 3 is 2.39 bits per heavy atom. The second-order valence-electron chi connectivity index (χ2n) is 8.03.